The lowest BCUT2D eigenvalue weighted by Crippen LogP contribution is -2.64. The van der Waals surface area contributed by atoms with Crippen LogP contribution in [0.5, 0.6) is 0 Å². The number of carbonyl (C=O) groups excluding carboxylic acids is 1. The summed E-state index contributed by atoms with van der Waals surface area (Å²) in [4.78, 5) is 16.5. The van der Waals surface area contributed by atoms with E-state index in [-0.39, 0.29) is 51.8 Å². The van der Waals surface area contributed by atoms with E-state index in [1.165, 1.54) is 12.1 Å². The van der Waals surface area contributed by atoms with Crippen molar-refractivity contribution in [1.29, 1.82) is 0 Å². The second-order valence-electron chi connectivity index (χ2n) is 9.63. The highest BCUT2D eigenvalue weighted by Crippen LogP contribution is 2.63. The van der Waals surface area contributed by atoms with Crippen LogP contribution in [0.4, 0.5) is 18.9 Å². The first kappa shape index (κ1) is 25.7. The predicted molar refractivity (Wildman–Crippen MR) is 130 cm³/mol. The second-order valence-corrected chi connectivity index (χ2v) is 12.2. The molecule has 1 amide bonds. The molecule has 2 aromatic carbocycles. The number of carbonyl (C=O) groups is 1. The number of rotatable bonds is 5. The molecular formula is C26H22ClF3N2O4S. The lowest BCUT2D eigenvalue weighted by Gasteiger charge is -2.62. The van der Waals surface area contributed by atoms with Gasteiger partial charge in [-0.25, -0.2) is 21.6 Å². The molecule has 2 unspecified atom stereocenters. The molecule has 0 radical (unpaired) electrons. The summed E-state index contributed by atoms with van der Waals surface area (Å²) in [7, 11) is -4.01. The minimum absolute atomic E-state index is 0.0785. The SMILES string of the molecule is C[C@H]1C2CC(S(=O)(=O)c3cc(C(=O)Nc4cc(F)c(F)c(F)c4)ccc3Cl)CC1[C@@]2(O)c1cccnc1. The van der Waals surface area contributed by atoms with Crippen molar-refractivity contribution in [2.75, 3.05) is 5.32 Å². The summed E-state index contributed by atoms with van der Waals surface area (Å²) in [5.74, 6) is -5.98. The molecule has 6 rings (SSSR count). The molecule has 194 valence electrons. The summed E-state index contributed by atoms with van der Waals surface area (Å²) in [6.07, 6.45) is 3.60. The summed E-state index contributed by atoms with van der Waals surface area (Å²) in [5, 5.41) is 12.8. The van der Waals surface area contributed by atoms with Crippen molar-refractivity contribution in [2.24, 2.45) is 17.8 Å². The van der Waals surface area contributed by atoms with Crippen LogP contribution in [-0.4, -0.2) is 29.7 Å². The molecule has 37 heavy (non-hydrogen) atoms. The van der Waals surface area contributed by atoms with Crippen LogP contribution in [0, 0.1) is 35.2 Å². The van der Waals surface area contributed by atoms with E-state index in [2.05, 4.69) is 10.3 Å². The van der Waals surface area contributed by atoms with Crippen LogP contribution in [0.15, 0.2) is 59.8 Å². The molecule has 0 aliphatic heterocycles. The number of halogens is 4. The molecule has 2 bridgehead atoms. The Morgan fingerprint density at radius 3 is 2.35 bits per heavy atom. The number of nitrogens with zero attached hydrogens (tertiary/aromatic N) is 1. The number of aromatic nitrogens is 1. The molecule has 3 aliphatic rings. The third-order valence-electron chi connectivity index (χ3n) is 7.74. The summed E-state index contributed by atoms with van der Waals surface area (Å²) >= 11 is 6.24. The molecule has 3 fully saturated rings. The van der Waals surface area contributed by atoms with Gasteiger partial charge in [0, 0.05) is 41.3 Å². The molecule has 3 aliphatic carbocycles. The Kier molecular flexibility index (Phi) is 6.32. The molecular weight excluding hydrogens is 529 g/mol. The van der Waals surface area contributed by atoms with Gasteiger partial charge in [0.1, 0.15) is 0 Å². The van der Waals surface area contributed by atoms with Crippen LogP contribution >= 0.6 is 11.6 Å². The number of benzene rings is 2. The molecule has 0 spiro atoms. The van der Waals surface area contributed by atoms with Crippen LogP contribution in [-0.2, 0) is 15.4 Å². The Morgan fingerprint density at radius 2 is 1.76 bits per heavy atom. The molecule has 0 saturated heterocycles. The smallest absolute Gasteiger partial charge is 0.255 e. The highest BCUT2D eigenvalue weighted by atomic mass is 35.5. The fraction of sp³-hybridized carbons (Fsp3) is 0.308. The van der Waals surface area contributed by atoms with Gasteiger partial charge in [0.25, 0.3) is 5.91 Å². The maximum atomic E-state index is 13.6. The van der Waals surface area contributed by atoms with Gasteiger partial charge >= 0.3 is 0 Å². The highest BCUT2D eigenvalue weighted by molar-refractivity contribution is 7.92. The van der Waals surface area contributed by atoms with Gasteiger partial charge in [-0.1, -0.05) is 24.6 Å². The topological polar surface area (TPSA) is 96.4 Å². The Labute approximate surface area is 216 Å². The first-order valence-corrected chi connectivity index (χ1v) is 13.5. The molecule has 2 N–H and O–H groups in total. The maximum absolute atomic E-state index is 13.6. The monoisotopic (exact) mass is 550 g/mol. The van der Waals surface area contributed by atoms with E-state index in [1.807, 2.05) is 6.92 Å². The number of nitrogens with one attached hydrogen (secondary N) is 1. The Balaban J connectivity index is 1.40. The van der Waals surface area contributed by atoms with E-state index in [0.29, 0.717) is 17.7 Å². The average Bonchev–Trinajstić information content (AvgIpc) is 2.88. The molecule has 3 saturated carbocycles. The van der Waals surface area contributed by atoms with E-state index in [9.17, 15) is 31.5 Å². The summed E-state index contributed by atoms with van der Waals surface area (Å²) in [6.45, 7) is 1.99. The third kappa shape index (κ3) is 4.11. The van der Waals surface area contributed by atoms with Crippen molar-refractivity contribution in [1.82, 2.24) is 4.98 Å². The van der Waals surface area contributed by atoms with Crippen LogP contribution in [0.1, 0.15) is 35.7 Å². The highest BCUT2D eigenvalue weighted by Gasteiger charge is 2.65. The molecule has 6 nitrogen and oxygen atoms in total. The van der Waals surface area contributed by atoms with Crippen molar-refractivity contribution in [2.45, 2.75) is 35.5 Å². The van der Waals surface area contributed by atoms with Crippen molar-refractivity contribution >= 4 is 33.0 Å². The van der Waals surface area contributed by atoms with Gasteiger partial charge in [0.2, 0.25) is 0 Å². The van der Waals surface area contributed by atoms with E-state index < -0.39 is 44.0 Å². The number of hydrogen-bond acceptors (Lipinski definition) is 5. The Bertz CT molecular complexity index is 1470. The van der Waals surface area contributed by atoms with E-state index in [0.717, 1.165) is 6.07 Å². The number of fused-ring (bicyclic) bond motifs is 2. The quantitative estimate of drug-likeness (QED) is 0.430. The van der Waals surface area contributed by atoms with Gasteiger partial charge < -0.3 is 10.4 Å². The standard InChI is InChI=1S/C26H22ClF3N2O4S/c1-13-18-10-17(11-19(13)26(18,34)15-3-2-6-31-12-15)37(35,36)23-7-14(4-5-20(23)27)25(33)32-16-8-21(28)24(30)22(29)9-16/h2-9,12-13,17-19,34H,10-11H2,1H3,(H,32,33)/t13-,17?,18?,19?,26+. The van der Waals surface area contributed by atoms with E-state index in [4.69, 9.17) is 11.6 Å². The van der Waals surface area contributed by atoms with Crippen LogP contribution in [0.25, 0.3) is 0 Å². The normalized spacial score (nSPS) is 26.9. The minimum Gasteiger partial charge on any atom is -0.385 e. The van der Waals surface area contributed by atoms with Crippen LogP contribution < -0.4 is 5.32 Å². The maximum Gasteiger partial charge on any atom is 0.255 e. The van der Waals surface area contributed by atoms with Gasteiger partial charge in [-0.2, -0.15) is 0 Å². The molecule has 3 aromatic rings. The first-order valence-electron chi connectivity index (χ1n) is 11.6. The fourth-order valence-corrected chi connectivity index (χ4v) is 8.20. The second kappa shape index (κ2) is 9.11. The molecule has 2 atom stereocenters. The van der Waals surface area contributed by atoms with Crippen molar-refractivity contribution in [3.05, 3.63) is 88.5 Å². The van der Waals surface area contributed by atoms with Crippen LogP contribution in [0.3, 0.4) is 0 Å². The predicted octanol–water partition coefficient (Wildman–Crippen LogP) is 5.11. The lowest BCUT2D eigenvalue weighted by molar-refractivity contribution is -0.225. The largest absolute Gasteiger partial charge is 0.385 e. The van der Waals surface area contributed by atoms with Crippen molar-refractivity contribution < 1.29 is 31.5 Å². The van der Waals surface area contributed by atoms with Gasteiger partial charge in [-0.15, -0.1) is 0 Å². The Hall–Kier alpha value is -2.95. The number of sulfone groups is 1. The number of pyridine rings is 1. The summed E-state index contributed by atoms with van der Waals surface area (Å²) < 4.78 is 67.5. The molecule has 11 heteroatoms. The minimum atomic E-state index is -4.01. The lowest BCUT2D eigenvalue weighted by atomic mass is 9.46. The van der Waals surface area contributed by atoms with Gasteiger partial charge in [-0.3, -0.25) is 9.78 Å². The van der Waals surface area contributed by atoms with Gasteiger partial charge in [0.15, 0.2) is 27.3 Å². The zero-order valence-electron chi connectivity index (χ0n) is 19.5. The zero-order valence-corrected chi connectivity index (χ0v) is 21.0. The van der Waals surface area contributed by atoms with Crippen molar-refractivity contribution in [3.63, 3.8) is 0 Å². The average molecular weight is 551 g/mol. The summed E-state index contributed by atoms with van der Waals surface area (Å²) in [6, 6.07) is 8.38. The van der Waals surface area contributed by atoms with Gasteiger partial charge in [0.05, 0.1) is 20.8 Å². The number of aliphatic hydroxyl groups is 1. The summed E-state index contributed by atoms with van der Waals surface area (Å²) in [5.41, 5.74) is -0.958. The number of anilines is 1. The zero-order chi connectivity index (χ0) is 26.7. The fourth-order valence-electron chi connectivity index (χ4n) is 5.84. The molecule has 1 heterocycles. The van der Waals surface area contributed by atoms with E-state index in [1.54, 1.807) is 24.5 Å². The molecule has 1 aromatic heterocycles. The Morgan fingerprint density at radius 1 is 1.11 bits per heavy atom. The van der Waals surface area contributed by atoms with Gasteiger partial charge in [-0.05, 0) is 54.9 Å². The number of hydrogen-bond donors (Lipinski definition) is 2. The van der Waals surface area contributed by atoms with E-state index >= 15 is 0 Å². The first-order chi connectivity index (χ1) is 17.4. The van der Waals surface area contributed by atoms with Crippen LogP contribution in [0.2, 0.25) is 5.02 Å². The number of amides is 1. The van der Waals surface area contributed by atoms with Crippen molar-refractivity contribution in [3.8, 4) is 0 Å². The third-order valence-corrected chi connectivity index (χ3v) is 10.4.